The molecule has 0 aromatic heterocycles. The molecule has 0 spiro atoms. The number of aromatic hydroxyl groups is 2. The average molecular weight is 335 g/mol. The highest BCUT2D eigenvalue weighted by molar-refractivity contribution is 5.88. The Morgan fingerprint density at radius 2 is 1.80 bits per heavy atom. The predicted molar refractivity (Wildman–Crippen MR) is 97.9 cm³/mol. The highest BCUT2D eigenvalue weighted by Gasteiger charge is 2.02. The van der Waals surface area contributed by atoms with Crippen molar-refractivity contribution in [2.75, 3.05) is 11.9 Å². The molecule has 0 radical (unpaired) electrons. The fraction of sp³-hybridized carbons (Fsp3) is 0.0526. The summed E-state index contributed by atoms with van der Waals surface area (Å²) < 4.78 is 0. The Morgan fingerprint density at radius 1 is 1.00 bits per heavy atom. The minimum Gasteiger partial charge on any atom is -0.508 e. The Labute approximate surface area is 144 Å². The van der Waals surface area contributed by atoms with Gasteiger partial charge >= 0.3 is 0 Å². The lowest BCUT2D eigenvalue weighted by Gasteiger charge is -2.06. The van der Waals surface area contributed by atoms with Crippen LogP contribution in [0.2, 0.25) is 0 Å². The Hall–Kier alpha value is -3.54. The van der Waals surface area contributed by atoms with Gasteiger partial charge in [0, 0.05) is 17.3 Å². The van der Waals surface area contributed by atoms with Gasteiger partial charge in [-0.05, 0) is 35.0 Å². The molecule has 126 valence electrons. The van der Waals surface area contributed by atoms with E-state index in [-0.39, 0.29) is 24.0 Å². The monoisotopic (exact) mass is 335 g/mol. The second kappa shape index (κ2) is 7.35. The van der Waals surface area contributed by atoms with E-state index in [9.17, 15) is 15.0 Å². The van der Waals surface area contributed by atoms with E-state index in [1.165, 1.54) is 24.4 Å². The molecule has 0 aliphatic carbocycles. The zero-order valence-electron chi connectivity index (χ0n) is 13.3. The van der Waals surface area contributed by atoms with E-state index in [1.807, 2.05) is 42.5 Å². The number of benzene rings is 3. The Bertz CT molecular complexity index is 938. The molecule has 0 unspecified atom stereocenters. The smallest absolute Gasteiger partial charge is 0.259 e. The summed E-state index contributed by atoms with van der Waals surface area (Å²) in [7, 11) is 0. The minimum atomic E-state index is -0.317. The molecular formula is C19H17N3O3. The van der Waals surface area contributed by atoms with Crippen LogP contribution in [-0.4, -0.2) is 28.9 Å². The van der Waals surface area contributed by atoms with E-state index in [1.54, 1.807) is 0 Å². The van der Waals surface area contributed by atoms with Crippen molar-refractivity contribution in [2.24, 2.45) is 5.10 Å². The van der Waals surface area contributed by atoms with Crippen LogP contribution in [0.4, 0.5) is 5.69 Å². The van der Waals surface area contributed by atoms with Crippen LogP contribution in [-0.2, 0) is 4.79 Å². The van der Waals surface area contributed by atoms with Gasteiger partial charge in [0.05, 0.1) is 12.8 Å². The van der Waals surface area contributed by atoms with Gasteiger partial charge in [-0.25, -0.2) is 5.43 Å². The van der Waals surface area contributed by atoms with Crippen LogP contribution < -0.4 is 10.7 Å². The second-order valence-corrected chi connectivity index (χ2v) is 5.45. The first-order valence-corrected chi connectivity index (χ1v) is 7.68. The molecule has 0 heterocycles. The van der Waals surface area contributed by atoms with E-state index < -0.39 is 0 Å². The van der Waals surface area contributed by atoms with Crippen LogP contribution in [0.1, 0.15) is 5.56 Å². The van der Waals surface area contributed by atoms with E-state index in [0.717, 1.165) is 16.5 Å². The van der Waals surface area contributed by atoms with E-state index in [0.29, 0.717) is 5.56 Å². The second-order valence-electron chi connectivity index (χ2n) is 5.45. The van der Waals surface area contributed by atoms with Crippen LogP contribution in [0.25, 0.3) is 10.8 Å². The number of rotatable bonds is 5. The molecule has 0 fully saturated rings. The number of hydrogen-bond acceptors (Lipinski definition) is 5. The first-order valence-electron chi connectivity index (χ1n) is 7.68. The molecule has 0 atom stereocenters. The third kappa shape index (κ3) is 4.26. The summed E-state index contributed by atoms with van der Waals surface area (Å²) in [6.45, 7) is 0.0667. The summed E-state index contributed by atoms with van der Waals surface area (Å²) in [5, 5.41) is 27.9. The normalized spacial score (nSPS) is 10.9. The third-order valence-electron chi connectivity index (χ3n) is 3.61. The van der Waals surface area contributed by atoms with Crippen molar-refractivity contribution >= 4 is 28.6 Å². The summed E-state index contributed by atoms with van der Waals surface area (Å²) in [5.74, 6) is -0.478. The van der Waals surface area contributed by atoms with Gasteiger partial charge in [-0.2, -0.15) is 5.10 Å². The van der Waals surface area contributed by atoms with Gasteiger partial charge < -0.3 is 15.5 Å². The van der Waals surface area contributed by atoms with Crippen LogP contribution in [0.3, 0.4) is 0 Å². The summed E-state index contributed by atoms with van der Waals surface area (Å²) in [6, 6.07) is 18.0. The van der Waals surface area contributed by atoms with Crippen LogP contribution >= 0.6 is 0 Å². The molecule has 3 aromatic rings. The number of fused-ring (bicyclic) bond motifs is 1. The maximum absolute atomic E-state index is 11.8. The Morgan fingerprint density at radius 3 is 2.60 bits per heavy atom. The van der Waals surface area contributed by atoms with Crippen molar-refractivity contribution in [3.8, 4) is 11.5 Å². The summed E-state index contributed by atoms with van der Waals surface area (Å²) in [6.07, 6.45) is 1.31. The van der Waals surface area contributed by atoms with Crippen LogP contribution in [0, 0.1) is 0 Å². The van der Waals surface area contributed by atoms with Gasteiger partial charge in [-0.1, -0.05) is 30.3 Å². The molecule has 25 heavy (non-hydrogen) atoms. The van der Waals surface area contributed by atoms with Gasteiger partial charge in [0.2, 0.25) is 0 Å². The van der Waals surface area contributed by atoms with E-state index >= 15 is 0 Å². The van der Waals surface area contributed by atoms with Gasteiger partial charge in [-0.15, -0.1) is 0 Å². The van der Waals surface area contributed by atoms with Crippen LogP contribution in [0.15, 0.2) is 65.8 Å². The summed E-state index contributed by atoms with van der Waals surface area (Å²) >= 11 is 0. The van der Waals surface area contributed by atoms with Crippen molar-refractivity contribution in [1.82, 2.24) is 5.43 Å². The third-order valence-corrected chi connectivity index (χ3v) is 3.61. The lowest BCUT2D eigenvalue weighted by Crippen LogP contribution is -2.25. The molecule has 1 amide bonds. The summed E-state index contributed by atoms with van der Waals surface area (Å²) in [5.41, 5.74) is 3.61. The number of nitrogens with zero attached hydrogens (tertiary/aromatic N) is 1. The number of carbonyl (C=O) groups is 1. The summed E-state index contributed by atoms with van der Waals surface area (Å²) in [4.78, 5) is 11.8. The van der Waals surface area contributed by atoms with Crippen molar-refractivity contribution in [3.63, 3.8) is 0 Å². The molecular weight excluding hydrogens is 318 g/mol. The lowest BCUT2D eigenvalue weighted by molar-refractivity contribution is -0.119. The Kier molecular flexibility index (Phi) is 4.80. The molecule has 6 heteroatoms. The first-order chi connectivity index (χ1) is 12.1. The highest BCUT2D eigenvalue weighted by Crippen LogP contribution is 2.21. The highest BCUT2D eigenvalue weighted by atomic mass is 16.3. The van der Waals surface area contributed by atoms with Crippen molar-refractivity contribution in [2.45, 2.75) is 0 Å². The lowest BCUT2D eigenvalue weighted by atomic mass is 10.1. The molecule has 3 aromatic carbocycles. The number of phenols is 2. The number of nitrogens with one attached hydrogen (secondary N) is 2. The minimum absolute atomic E-state index is 0.0433. The fourth-order valence-corrected chi connectivity index (χ4v) is 2.34. The van der Waals surface area contributed by atoms with Gasteiger partial charge in [-0.3, -0.25) is 4.79 Å². The molecule has 6 nitrogen and oxygen atoms in total. The average Bonchev–Trinajstić information content (AvgIpc) is 2.61. The number of hydrogen-bond donors (Lipinski definition) is 4. The zero-order valence-corrected chi connectivity index (χ0v) is 13.3. The number of carbonyl (C=O) groups excluding carboxylic acids is 1. The topological polar surface area (TPSA) is 94.0 Å². The zero-order chi connectivity index (χ0) is 17.6. The number of amides is 1. The molecule has 0 bridgehead atoms. The van der Waals surface area contributed by atoms with Gasteiger partial charge in [0.1, 0.15) is 11.5 Å². The molecule has 3 rings (SSSR count). The van der Waals surface area contributed by atoms with Crippen molar-refractivity contribution in [3.05, 3.63) is 66.2 Å². The maximum atomic E-state index is 11.8. The molecule has 4 N–H and O–H groups in total. The SMILES string of the molecule is O=C(CNc1ccc2ccccc2c1)N/N=C\c1ccc(O)cc1O. The largest absolute Gasteiger partial charge is 0.508 e. The fourth-order valence-electron chi connectivity index (χ4n) is 2.34. The maximum Gasteiger partial charge on any atom is 0.259 e. The van der Waals surface area contributed by atoms with Gasteiger partial charge in [0.25, 0.3) is 5.91 Å². The molecule has 0 aliphatic rings. The van der Waals surface area contributed by atoms with Crippen molar-refractivity contribution < 1.29 is 15.0 Å². The number of phenolic OH excluding ortho intramolecular Hbond substituents is 2. The molecule has 0 saturated heterocycles. The van der Waals surface area contributed by atoms with Crippen molar-refractivity contribution in [1.29, 1.82) is 0 Å². The first kappa shape index (κ1) is 16.3. The quantitative estimate of drug-likeness (QED) is 0.426. The standard InChI is InChI=1S/C19H17N3O3/c23-17-8-6-15(18(24)10-17)11-21-22-19(25)12-20-16-7-5-13-3-1-2-4-14(13)9-16/h1-11,20,23-24H,12H2,(H,22,25)/b21-11-. The molecule has 0 saturated carbocycles. The van der Waals surface area contributed by atoms with Crippen LogP contribution in [0.5, 0.6) is 11.5 Å². The number of anilines is 1. The van der Waals surface area contributed by atoms with E-state index in [2.05, 4.69) is 15.8 Å². The number of hydrazone groups is 1. The van der Waals surface area contributed by atoms with Gasteiger partial charge in [0.15, 0.2) is 0 Å². The predicted octanol–water partition coefficient (Wildman–Crippen LogP) is 2.81. The Balaban J connectivity index is 1.54. The molecule has 0 aliphatic heterocycles. The van der Waals surface area contributed by atoms with E-state index in [4.69, 9.17) is 0 Å².